The Labute approximate surface area is 120 Å². The Morgan fingerprint density at radius 2 is 2.15 bits per heavy atom. The van der Waals surface area contributed by atoms with E-state index in [1.807, 2.05) is 16.4 Å². The van der Waals surface area contributed by atoms with E-state index in [0.717, 1.165) is 37.4 Å². The Morgan fingerprint density at radius 3 is 2.75 bits per heavy atom. The lowest BCUT2D eigenvalue weighted by Crippen LogP contribution is -2.25. The zero-order valence-corrected chi connectivity index (χ0v) is 12.8. The molecular formula is C14H24N6. The summed E-state index contributed by atoms with van der Waals surface area (Å²) in [4.78, 5) is 4.38. The topological polar surface area (TPSA) is 60.6 Å². The molecule has 1 N–H and O–H groups in total. The van der Waals surface area contributed by atoms with Gasteiger partial charge in [-0.2, -0.15) is 10.2 Å². The highest BCUT2D eigenvalue weighted by Crippen LogP contribution is 2.20. The average Bonchev–Trinajstić information content (AvgIpc) is 3.00. The van der Waals surface area contributed by atoms with E-state index in [1.165, 1.54) is 5.56 Å². The molecule has 2 aromatic rings. The first-order chi connectivity index (χ1) is 9.65. The standard InChI is InChI=1S/C14H24N6/c1-5-7-15-13(12-9-19(4)18-11(12)3)8-14-16-10-17-20(14)6-2/h9-10,13,15H,5-8H2,1-4H3. The Kier molecular flexibility index (Phi) is 4.89. The third-order valence-electron chi connectivity index (χ3n) is 3.45. The van der Waals surface area contributed by atoms with Crippen molar-refractivity contribution in [2.75, 3.05) is 6.54 Å². The summed E-state index contributed by atoms with van der Waals surface area (Å²) < 4.78 is 3.82. The number of aromatic nitrogens is 5. The van der Waals surface area contributed by atoms with Crippen LogP contribution in [0.15, 0.2) is 12.5 Å². The van der Waals surface area contributed by atoms with Gasteiger partial charge in [0.25, 0.3) is 0 Å². The first-order valence-electron chi connectivity index (χ1n) is 7.25. The fraction of sp³-hybridized carbons (Fsp3) is 0.643. The Morgan fingerprint density at radius 1 is 1.35 bits per heavy atom. The van der Waals surface area contributed by atoms with E-state index < -0.39 is 0 Å². The maximum Gasteiger partial charge on any atom is 0.138 e. The molecule has 1 unspecified atom stereocenters. The minimum absolute atomic E-state index is 0.234. The molecule has 0 fully saturated rings. The monoisotopic (exact) mass is 276 g/mol. The first-order valence-corrected chi connectivity index (χ1v) is 7.25. The molecule has 0 spiro atoms. The second kappa shape index (κ2) is 6.65. The van der Waals surface area contributed by atoms with Crippen LogP contribution in [0.25, 0.3) is 0 Å². The quantitative estimate of drug-likeness (QED) is 0.835. The van der Waals surface area contributed by atoms with Crippen molar-refractivity contribution in [1.82, 2.24) is 29.9 Å². The summed E-state index contributed by atoms with van der Waals surface area (Å²) in [6.45, 7) is 8.15. The van der Waals surface area contributed by atoms with Crippen LogP contribution in [0.3, 0.4) is 0 Å². The van der Waals surface area contributed by atoms with E-state index in [-0.39, 0.29) is 6.04 Å². The number of hydrogen-bond acceptors (Lipinski definition) is 4. The van der Waals surface area contributed by atoms with Gasteiger partial charge in [0.15, 0.2) is 0 Å². The van der Waals surface area contributed by atoms with E-state index in [1.54, 1.807) is 6.33 Å². The van der Waals surface area contributed by atoms with Crippen LogP contribution in [0, 0.1) is 6.92 Å². The van der Waals surface area contributed by atoms with Gasteiger partial charge in [-0.3, -0.25) is 9.36 Å². The first kappa shape index (κ1) is 14.7. The molecule has 0 aliphatic rings. The van der Waals surface area contributed by atoms with Crippen molar-refractivity contribution in [2.24, 2.45) is 7.05 Å². The summed E-state index contributed by atoms with van der Waals surface area (Å²) in [5.41, 5.74) is 2.32. The van der Waals surface area contributed by atoms with E-state index in [0.29, 0.717) is 0 Å². The molecule has 0 aliphatic heterocycles. The lowest BCUT2D eigenvalue weighted by Gasteiger charge is -2.18. The molecule has 0 saturated heterocycles. The molecule has 110 valence electrons. The van der Waals surface area contributed by atoms with Crippen molar-refractivity contribution >= 4 is 0 Å². The maximum atomic E-state index is 4.45. The number of nitrogens with one attached hydrogen (secondary N) is 1. The Balaban J connectivity index is 2.21. The Bertz CT molecular complexity index is 542. The minimum Gasteiger partial charge on any atom is -0.309 e. The van der Waals surface area contributed by atoms with Crippen LogP contribution < -0.4 is 5.32 Å². The fourth-order valence-corrected chi connectivity index (χ4v) is 2.46. The zero-order valence-electron chi connectivity index (χ0n) is 12.8. The number of rotatable bonds is 7. The van der Waals surface area contributed by atoms with Gasteiger partial charge in [0.2, 0.25) is 0 Å². The van der Waals surface area contributed by atoms with E-state index in [4.69, 9.17) is 0 Å². The molecule has 0 saturated carbocycles. The summed E-state index contributed by atoms with van der Waals surface area (Å²) in [6, 6.07) is 0.234. The molecule has 0 radical (unpaired) electrons. The van der Waals surface area contributed by atoms with Gasteiger partial charge in [0.05, 0.1) is 5.69 Å². The highest BCUT2D eigenvalue weighted by molar-refractivity contribution is 5.21. The third-order valence-corrected chi connectivity index (χ3v) is 3.45. The van der Waals surface area contributed by atoms with Crippen molar-refractivity contribution < 1.29 is 0 Å². The Hall–Kier alpha value is -1.69. The molecule has 0 aliphatic carbocycles. The molecule has 0 amide bonds. The lowest BCUT2D eigenvalue weighted by molar-refractivity contribution is 0.495. The van der Waals surface area contributed by atoms with Crippen molar-refractivity contribution in [3.63, 3.8) is 0 Å². The van der Waals surface area contributed by atoms with Crippen LogP contribution in [-0.2, 0) is 20.0 Å². The number of aryl methyl sites for hydroxylation is 3. The van der Waals surface area contributed by atoms with Crippen LogP contribution in [-0.4, -0.2) is 31.1 Å². The average molecular weight is 276 g/mol. The summed E-state index contributed by atoms with van der Waals surface area (Å²) in [5.74, 6) is 1.02. The van der Waals surface area contributed by atoms with Crippen molar-refractivity contribution in [2.45, 2.75) is 46.2 Å². The highest BCUT2D eigenvalue weighted by atomic mass is 15.3. The minimum atomic E-state index is 0.234. The molecule has 2 rings (SSSR count). The smallest absolute Gasteiger partial charge is 0.138 e. The predicted octanol–water partition coefficient (Wildman–Crippen LogP) is 1.62. The van der Waals surface area contributed by atoms with Crippen LogP contribution in [0.2, 0.25) is 0 Å². The summed E-state index contributed by atoms with van der Waals surface area (Å²) >= 11 is 0. The molecular weight excluding hydrogens is 252 g/mol. The van der Waals surface area contributed by atoms with Crippen LogP contribution in [0.4, 0.5) is 0 Å². The van der Waals surface area contributed by atoms with E-state index >= 15 is 0 Å². The molecule has 2 heterocycles. The van der Waals surface area contributed by atoms with Gasteiger partial charge in [-0.15, -0.1) is 0 Å². The van der Waals surface area contributed by atoms with Crippen LogP contribution in [0.1, 0.15) is 43.4 Å². The molecule has 6 heteroatoms. The van der Waals surface area contributed by atoms with Gasteiger partial charge in [-0.1, -0.05) is 6.92 Å². The van der Waals surface area contributed by atoms with Gasteiger partial charge >= 0.3 is 0 Å². The van der Waals surface area contributed by atoms with Gasteiger partial charge in [-0.25, -0.2) is 4.98 Å². The molecule has 6 nitrogen and oxygen atoms in total. The molecule has 0 bridgehead atoms. The molecule has 1 atom stereocenters. The van der Waals surface area contributed by atoms with Crippen molar-refractivity contribution in [1.29, 1.82) is 0 Å². The van der Waals surface area contributed by atoms with E-state index in [2.05, 4.69) is 47.5 Å². The van der Waals surface area contributed by atoms with Crippen LogP contribution >= 0.6 is 0 Å². The zero-order chi connectivity index (χ0) is 14.5. The summed E-state index contributed by atoms with van der Waals surface area (Å²) in [5, 5.41) is 12.3. The van der Waals surface area contributed by atoms with Gasteiger partial charge < -0.3 is 5.32 Å². The van der Waals surface area contributed by atoms with Gasteiger partial charge in [0.1, 0.15) is 12.2 Å². The molecule has 20 heavy (non-hydrogen) atoms. The maximum absolute atomic E-state index is 4.45. The van der Waals surface area contributed by atoms with Gasteiger partial charge in [-0.05, 0) is 26.8 Å². The predicted molar refractivity (Wildman–Crippen MR) is 78.4 cm³/mol. The summed E-state index contributed by atoms with van der Waals surface area (Å²) in [7, 11) is 1.96. The number of hydrogen-bond donors (Lipinski definition) is 1. The normalized spacial score (nSPS) is 12.8. The SMILES string of the molecule is CCCNC(Cc1ncnn1CC)c1cn(C)nc1C. The lowest BCUT2D eigenvalue weighted by atomic mass is 10.0. The second-order valence-corrected chi connectivity index (χ2v) is 5.05. The third kappa shape index (κ3) is 3.25. The summed E-state index contributed by atoms with van der Waals surface area (Å²) in [6.07, 6.45) is 5.66. The van der Waals surface area contributed by atoms with Crippen LogP contribution in [0.5, 0.6) is 0 Å². The largest absolute Gasteiger partial charge is 0.309 e. The van der Waals surface area contributed by atoms with Crippen molar-refractivity contribution in [3.8, 4) is 0 Å². The van der Waals surface area contributed by atoms with Crippen molar-refractivity contribution in [3.05, 3.63) is 29.6 Å². The van der Waals surface area contributed by atoms with Gasteiger partial charge in [0, 0.05) is 37.8 Å². The second-order valence-electron chi connectivity index (χ2n) is 5.05. The molecule has 2 aromatic heterocycles. The highest BCUT2D eigenvalue weighted by Gasteiger charge is 2.19. The molecule has 0 aromatic carbocycles. The fourth-order valence-electron chi connectivity index (χ4n) is 2.46. The number of nitrogens with zero attached hydrogens (tertiary/aromatic N) is 5. The van der Waals surface area contributed by atoms with E-state index in [9.17, 15) is 0 Å².